The standard InChI is InChI=1S/C14H28N2/c1-3-12-4-5-14(8-12)16-7-6-11(2)13(9-15)10-16/h11-14H,3-10,15H2,1-2H3. The minimum Gasteiger partial charge on any atom is -0.330 e. The zero-order valence-corrected chi connectivity index (χ0v) is 11.0. The number of hydrogen-bond acceptors (Lipinski definition) is 2. The lowest BCUT2D eigenvalue weighted by Gasteiger charge is -2.40. The van der Waals surface area contributed by atoms with Crippen molar-refractivity contribution in [2.45, 2.75) is 52.0 Å². The first kappa shape index (κ1) is 12.4. The molecular formula is C14H28N2. The largest absolute Gasteiger partial charge is 0.330 e. The lowest BCUT2D eigenvalue weighted by atomic mass is 9.86. The minimum atomic E-state index is 0.745. The van der Waals surface area contributed by atoms with Gasteiger partial charge in [0, 0.05) is 12.6 Å². The maximum Gasteiger partial charge on any atom is 0.00981 e. The Labute approximate surface area is 101 Å². The van der Waals surface area contributed by atoms with E-state index in [-0.39, 0.29) is 0 Å². The molecule has 2 heteroatoms. The molecular weight excluding hydrogens is 196 g/mol. The van der Waals surface area contributed by atoms with Crippen molar-refractivity contribution in [3.05, 3.63) is 0 Å². The highest BCUT2D eigenvalue weighted by atomic mass is 15.2. The topological polar surface area (TPSA) is 29.3 Å². The maximum atomic E-state index is 5.88. The van der Waals surface area contributed by atoms with E-state index in [1.54, 1.807) is 0 Å². The van der Waals surface area contributed by atoms with Gasteiger partial charge in [0.1, 0.15) is 0 Å². The molecule has 2 aliphatic rings. The Morgan fingerprint density at radius 3 is 2.69 bits per heavy atom. The van der Waals surface area contributed by atoms with Crippen molar-refractivity contribution in [3.8, 4) is 0 Å². The molecule has 16 heavy (non-hydrogen) atoms. The lowest BCUT2D eigenvalue weighted by molar-refractivity contribution is 0.0912. The van der Waals surface area contributed by atoms with Gasteiger partial charge in [-0.15, -0.1) is 0 Å². The summed E-state index contributed by atoms with van der Waals surface area (Å²) in [4.78, 5) is 2.74. The Kier molecular flexibility index (Phi) is 4.26. The highest BCUT2D eigenvalue weighted by Crippen LogP contribution is 2.34. The molecule has 2 N–H and O–H groups in total. The van der Waals surface area contributed by atoms with Crippen LogP contribution in [-0.2, 0) is 0 Å². The molecule has 4 unspecified atom stereocenters. The van der Waals surface area contributed by atoms with Crippen LogP contribution in [0.2, 0.25) is 0 Å². The first-order valence-electron chi connectivity index (χ1n) is 7.18. The molecule has 94 valence electrons. The van der Waals surface area contributed by atoms with Crippen molar-refractivity contribution in [1.29, 1.82) is 0 Å². The van der Waals surface area contributed by atoms with Gasteiger partial charge in [-0.3, -0.25) is 0 Å². The molecule has 2 nitrogen and oxygen atoms in total. The second-order valence-electron chi connectivity index (χ2n) is 6.00. The van der Waals surface area contributed by atoms with E-state index in [0.29, 0.717) is 0 Å². The monoisotopic (exact) mass is 224 g/mol. The summed E-state index contributed by atoms with van der Waals surface area (Å²) in [5, 5.41) is 0. The third-order valence-electron chi connectivity index (χ3n) is 5.06. The van der Waals surface area contributed by atoms with Crippen LogP contribution < -0.4 is 5.73 Å². The second kappa shape index (κ2) is 5.50. The number of nitrogens with zero attached hydrogens (tertiary/aromatic N) is 1. The van der Waals surface area contributed by atoms with Gasteiger partial charge >= 0.3 is 0 Å². The van der Waals surface area contributed by atoms with Crippen LogP contribution in [-0.4, -0.2) is 30.6 Å². The third kappa shape index (κ3) is 2.60. The summed E-state index contributed by atoms with van der Waals surface area (Å²) >= 11 is 0. The fourth-order valence-electron chi connectivity index (χ4n) is 3.57. The van der Waals surface area contributed by atoms with Crippen molar-refractivity contribution in [1.82, 2.24) is 4.90 Å². The number of piperidine rings is 1. The van der Waals surface area contributed by atoms with Crippen molar-refractivity contribution in [2.24, 2.45) is 23.5 Å². The first-order chi connectivity index (χ1) is 7.74. The molecule has 1 aliphatic heterocycles. The predicted octanol–water partition coefficient (Wildman–Crippen LogP) is 2.48. The van der Waals surface area contributed by atoms with Crippen LogP contribution in [0, 0.1) is 17.8 Å². The molecule has 0 bridgehead atoms. The van der Waals surface area contributed by atoms with Crippen molar-refractivity contribution in [3.63, 3.8) is 0 Å². The van der Waals surface area contributed by atoms with Gasteiger partial charge < -0.3 is 10.6 Å². The van der Waals surface area contributed by atoms with Crippen molar-refractivity contribution in [2.75, 3.05) is 19.6 Å². The summed E-state index contributed by atoms with van der Waals surface area (Å²) in [6.07, 6.45) is 7.07. The van der Waals surface area contributed by atoms with Gasteiger partial charge in [-0.05, 0) is 56.5 Å². The van der Waals surface area contributed by atoms with Gasteiger partial charge in [0.2, 0.25) is 0 Å². The number of likely N-dealkylation sites (tertiary alicyclic amines) is 1. The summed E-state index contributed by atoms with van der Waals surface area (Å²) in [5.41, 5.74) is 5.88. The molecule has 0 radical (unpaired) electrons. The van der Waals surface area contributed by atoms with Gasteiger partial charge in [-0.2, -0.15) is 0 Å². The van der Waals surface area contributed by atoms with E-state index in [1.165, 1.54) is 45.2 Å². The van der Waals surface area contributed by atoms with Gasteiger partial charge in [0.25, 0.3) is 0 Å². The lowest BCUT2D eigenvalue weighted by Crippen LogP contribution is -2.46. The van der Waals surface area contributed by atoms with Crippen LogP contribution in [0.5, 0.6) is 0 Å². The highest BCUT2D eigenvalue weighted by molar-refractivity contribution is 4.87. The van der Waals surface area contributed by atoms with E-state index < -0.39 is 0 Å². The third-order valence-corrected chi connectivity index (χ3v) is 5.06. The zero-order valence-electron chi connectivity index (χ0n) is 11.0. The second-order valence-corrected chi connectivity index (χ2v) is 6.00. The molecule has 2 fully saturated rings. The molecule has 0 aromatic rings. The van der Waals surface area contributed by atoms with E-state index >= 15 is 0 Å². The van der Waals surface area contributed by atoms with Crippen LogP contribution in [0.3, 0.4) is 0 Å². The zero-order chi connectivity index (χ0) is 11.5. The van der Waals surface area contributed by atoms with E-state index in [9.17, 15) is 0 Å². The molecule has 1 aliphatic carbocycles. The Morgan fingerprint density at radius 2 is 2.06 bits per heavy atom. The smallest absolute Gasteiger partial charge is 0.00981 e. The van der Waals surface area contributed by atoms with Crippen molar-refractivity contribution < 1.29 is 0 Å². The minimum absolute atomic E-state index is 0.745. The van der Waals surface area contributed by atoms with Crippen LogP contribution in [0.15, 0.2) is 0 Å². The summed E-state index contributed by atoms with van der Waals surface area (Å²) < 4.78 is 0. The normalized spacial score (nSPS) is 41.4. The van der Waals surface area contributed by atoms with Gasteiger partial charge in [-0.25, -0.2) is 0 Å². The summed E-state index contributed by atoms with van der Waals surface area (Å²) in [7, 11) is 0. The van der Waals surface area contributed by atoms with Gasteiger partial charge in [-0.1, -0.05) is 20.3 Å². The number of nitrogens with two attached hydrogens (primary N) is 1. The molecule has 4 atom stereocenters. The fourth-order valence-corrected chi connectivity index (χ4v) is 3.57. The van der Waals surface area contributed by atoms with E-state index in [1.807, 2.05) is 0 Å². The summed E-state index contributed by atoms with van der Waals surface area (Å²) in [6, 6.07) is 0.881. The molecule has 0 aromatic carbocycles. The number of hydrogen-bond donors (Lipinski definition) is 1. The first-order valence-corrected chi connectivity index (χ1v) is 7.18. The highest BCUT2D eigenvalue weighted by Gasteiger charge is 2.33. The van der Waals surface area contributed by atoms with Gasteiger partial charge in [0.05, 0.1) is 0 Å². The SMILES string of the molecule is CCC1CCC(N2CCC(C)C(CN)C2)C1. The molecule has 2 rings (SSSR count). The van der Waals surface area contributed by atoms with Crippen LogP contribution in [0.4, 0.5) is 0 Å². The van der Waals surface area contributed by atoms with Crippen molar-refractivity contribution >= 4 is 0 Å². The molecule has 1 heterocycles. The summed E-state index contributed by atoms with van der Waals surface area (Å²) in [6.45, 7) is 8.17. The Hall–Kier alpha value is -0.0800. The Morgan fingerprint density at radius 1 is 1.25 bits per heavy atom. The Balaban J connectivity index is 1.86. The molecule has 0 amide bonds. The van der Waals surface area contributed by atoms with Crippen LogP contribution in [0.1, 0.15) is 46.0 Å². The Bertz CT molecular complexity index is 217. The van der Waals surface area contributed by atoms with E-state index in [4.69, 9.17) is 5.73 Å². The number of rotatable bonds is 3. The van der Waals surface area contributed by atoms with E-state index in [0.717, 1.165) is 30.3 Å². The molecule has 1 saturated carbocycles. The fraction of sp³-hybridized carbons (Fsp3) is 1.00. The average molecular weight is 224 g/mol. The quantitative estimate of drug-likeness (QED) is 0.798. The molecule has 1 saturated heterocycles. The van der Waals surface area contributed by atoms with Gasteiger partial charge in [0.15, 0.2) is 0 Å². The van der Waals surface area contributed by atoms with E-state index in [2.05, 4.69) is 18.7 Å². The maximum absolute atomic E-state index is 5.88. The van der Waals surface area contributed by atoms with Crippen LogP contribution >= 0.6 is 0 Å². The molecule has 0 spiro atoms. The van der Waals surface area contributed by atoms with Crippen LogP contribution in [0.25, 0.3) is 0 Å². The molecule has 0 aromatic heterocycles. The predicted molar refractivity (Wildman–Crippen MR) is 69.3 cm³/mol. The average Bonchev–Trinajstić information content (AvgIpc) is 2.78. The summed E-state index contributed by atoms with van der Waals surface area (Å²) in [5.74, 6) is 2.58.